The quantitative estimate of drug-likeness (QED) is 0.280. The Labute approximate surface area is 65.5 Å². The zero-order valence-corrected chi connectivity index (χ0v) is 6.85. The highest BCUT2D eigenvalue weighted by molar-refractivity contribution is 6.21. The van der Waals surface area contributed by atoms with E-state index < -0.39 is 0 Å². The summed E-state index contributed by atoms with van der Waals surface area (Å²) < 4.78 is 6.07. The van der Waals surface area contributed by atoms with Gasteiger partial charge in [-0.2, -0.15) is 0 Å². The maximum atomic E-state index is 6.90. The summed E-state index contributed by atoms with van der Waals surface area (Å²) in [6.45, 7) is 4.12. The van der Waals surface area contributed by atoms with Crippen LogP contribution in [-0.4, -0.2) is 23.2 Å². The third kappa shape index (κ3) is 2.89. The molecule has 1 unspecified atom stereocenters. The van der Waals surface area contributed by atoms with Gasteiger partial charge in [-0.15, -0.1) is 0 Å². The van der Waals surface area contributed by atoms with Gasteiger partial charge in [-0.05, 0) is 13.8 Å². The lowest BCUT2D eigenvalue weighted by molar-refractivity contribution is 0.0268. The molecule has 0 saturated heterocycles. The van der Waals surface area contributed by atoms with Crippen LogP contribution in [0.4, 0.5) is 0 Å². The third-order valence-electron chi connectivity index (χ3n) is 0.957. The minimum absolute atomic E-state index is 0.206. The molecule has 3 N–H and O–H groups in total. The molecule has 4 nitrogen and oxygen atoms in total. The van der Waals surface area contributed by atoms with Gasteiger partial charge in [0.15, 0.2) is 0 Å². The number of nitrogens with two attached hydrogens (primary N) is 1. The molecule has 1 atom stereocenters. The summed E-state index contributed by atoms with van der Waals surface area (Å²) in [6, 6.07) is 0. The van der Waals surface area contributed by atoms with E-state index in [1.807, 2.05) is 6.92 Å². The first-order valence-corrected chi connectivity index (χ1v) is 3.34. The second kappa shape index (κ2) is 4.35. The lowest BCUT2D eigenvalue weighted by Gasteiger charge is -2.20. The van der Waals surface area contributed by atoms with Gasteiger partial charge in [0, 0.05) is 18.4 Å². The number of nitrogens with zero attached hydrogens (tertiary/aromatic N) is 1. The van der Waals surface area contributed by atoms with Crippen LogP contribution in [0, 0.1) is 5.41 Å². The van der Waals surface area contributed by atoms with Crippen molar-refractivity contribution in [1.29, 1.82) is 5.41 Å². The van der Waals surface area contributed by atoms with Crippen molar-refractivity contribution in [2.24, 2.45) is 5.73 Å². The molecule has 0 amide bonds. The van der Waals surface area contributed by atoms with E-state index in [4.69, 9.17) is 27.7 Å². The SMILES string of the molecule is CCOC(C)N(Cl)C(=N)N. The van der Waals surface area contributed by atoms with Crippen LogP contribution in [0.5, 0.6) is 0 Å². The minimum Gasteiger partial charge on any atom is -0.369 e. The highest BCUT2D eigenvalue weighted by Gasteiger charge is 2.11. The highest BCUT2D eigenvalue weighted by Crippen LogP contribution is 2.02. The van der Waals surface area contributed by atoms with Crippen LogP contribution in [0.25, 0.3) is 0 Å². The van der Waals surface area contributed by atoms with Crippen molar-refractivity contribution in [3.8, 4) is 0 Å². The lowest BCUT2D eigenvalue weighted by atomic mass is 10.6. The molecule has 0 rings (SSSR count). The number of halogens is 1. The first-order valence-electron chi connectivity index (χ1n) is 3.00. The number of nitrogens with one attached hydrogen (secondary N) is 1. The molecule has 0 aliphatic heterocycles. The average Bonchev–Trinajstić information content (AvgIpc) is 1.87. The van der Waals surface area contributed by atoms with Gasteiger partial charge in [-0.25, -0.2) is 4.42 Å². The lowest BCUT2D eigenvalue weighted by Crippen LogP contribution is -2.36. The molecule has 60 valence electrons. The van der Waals surface area contributed by atoms with Crippen molar-refractivity contribution in [3.05, 3.63) is 0 Å². The van der Waals surface area contributed by atoms with E-state index in [1.165, 1.54) is 0 Å². The average molecular weight is 166 g/mol. The van der Waals surface area contributed by atoms with Crippen molar-refractivity contribution in [2.45, 2.75) is 20.1 Å². The van der Waals surface area contributed by atoms with Crippen LogP contribution < -0.4 is 5.73 Å². The van der Waals surface area contributed by atoms with Crippen LogP contribution in [0.15, 0.2) is 0 Å². The van der Waals surface area contributed by atoms with Crippen molar-refractivity contribution in [1.82, 2.24) is 4.42 Å². The molecule has 0 heterocycles. The molecule has 0 bridgehead atoms. The summed E-state index contributed by atoms with van der Waals surface area (Å²) >= 11 is 5.50. The summed E-state index contributed by atoms with van der Waals surface area (Å²) in [4.78, 5) is 0. The second-order valence-electron chi connectivity index (χ2n) is 1.75. The molecule has 0 aliphatic carbocycles. The summed E-state index contributed by atoms with van der Waals surface area (Å²) in [7, 11) is 0. The van der Waals surface area contributed by atoms with E-state index in [9.17, 15) is 0 Å². The molecule has 0 aromatic heterocycles. The van der Waals surface area contributed by atoms with Gasteiger partial charge in [-0.3, -0.25) is 5.41 Å². The molecular weight excluding hydrogens is 154 g/mol. The van der Waals surface area contributed by atoms with Crippen LogP contribution in [0.1, 0.15) is 13.8 Å². The van der Waals surface area contributed by atoms with Gasteiger partial charge in [0.25, 0.3) is 0 Å². The number of hydrogen-bond acceptors (Lipinski definition) is 2. The predicted octanol–water partition coefficient (Wildman–Crippen LogP) is 0.718. The second-order valence-corrected chi connectivity index (χ2v) is 2.12. The topological polar surface area (TPSA) is 62.3 Å². The van der Waals surface area contributed by atoms with Crippen LogP contribution in [-0.2, 0) is 4.74 Å². The van der Waals surface area contributed by atoms with Gasteiger partial charge in [-0.1, -0.05) is 0 Å². The van der Waals surface area contributed by atoms with E-state index in [0.29, 0.717) is 6.61 Å². The summed E-state index contributed by atoms with van der Waals surface area (Å²) in [5, 5.41) is 6.90. The number of hydrogen-bond donors (Lipinski definition) is 2. The Morgan fingerprint density at radius 2 is 2.40 bits per heavy atom. The zero-order chi connectivity index (χ0) is 8.15. The molecule has 0 saturated carbocycles. The van der Waals surface area contributed by atoms with Crippen molar-refractivity contribution in [3.63, 3.8) is 0 Å². The van der Waals surface area contributed by atoms with E-state index in [1.54, 1.807) is 6.92 Å². The van der Waals surface area contributed by atoms with Gasteiger partial charge < -0.3 is 10.5 Å². The normalized spacial score (nSPS) is 12.7. The van der Waals surface area contributed by atoms with Gasteiger partial charge >= 0.3 is 0 Å². The van der Waals surface area contributed by atoms with E-state index in [0.717, 1.165) is 4.42 Å². The fourth-order valence-electron chi connectivity index (χ4n) is 0.503. The van der Waals surface area contributed by atoms with E-state index in [2.05, 4.69) is 0 Å². The van der Waals surface area contributed by atoms with E-state index in [-0.39, 0.29) is 12.2 Å². The van der Waals surface area contributed by atoms with Crippen LogP contribution >= 0.6 is 11.8 Å². The standard InChI is InChI=1S/C5H12ClN3O/c1-3-10-4(2)9(6)5(7)8/h4H,3H2,1-2H3,(H3,7,8). The number of guanidine groups is 1. The van der Waals surface area contributed by atoms with Crippen LogP contribution in [0.2, 0.25) is 0 Å². The van der Waals surface area contributed by atoms with Gasteiger partial charge in [0.1, 0.15) is 6.23 Å². The number of rotatable bonds is 3. The number of ether oxygens (including phenoxy) is 1. The predicted molar refractivity (Wildman–Crippen MR) is 40.7 cm³/mol. The third-order valence-corrected chi connectivity index (χ3v) is 1.41. The zero-order valence-electron chi connectivity index (χ0n) is 6.10. The van der Waals surface area contributed by atoms with Gasteiger partial charge in [0.2, 0.25) is 5.96 Å². The van der Waals surface area contributed by atoms with Gasteiger partial charge in [0.05, 0.1) is 0 Å². The summed E-state index contributed by atoms with van der Waals surface area (Å²) in [5.41, 5.74) is 5.06. The fourth-order valence-corrected chi connectivity index (χ4v) is 0.559. The maximum absolute atomic E-state index is 6.90. The van der Waals surface area contributed by atoms with Crippen LogP contribution in [0.3, 0.4) is 0 Å². The molecule has 10 heavy (non-hydrogen) atoms. The largest absolute Gasteiger partial charge is 0.369 e. The Bertz CT molecular complexity index is 119. The minimum atomic E-state index is -0.343. The first-order chi connectivity index (χ1) is 4.59. The van der Waals surface area contributed by atoms with Crippen molar-refractivity contribution in [2.75, 3.05) is 6.61 Å². The van der Waals surface area contributed by atoms with Crippen molar-refractivity contribution < 1.29 is 4.74 Å². The molecule has 0 aromatic carbocycles. The summed E-state index contributed by atoms with van der Waals surface area (Å²) in [6.07, 6.45) is -0.343. The maximum Gasteiger partial charge on any atom is 0.205 e. The Balaban J connectivity index is 3.69. The molecule has 0 aromatic rings. The van der Waals surface area contributed by atoms with Crippen molar-refractivity contribution >= 4 is 17.7 Å². The molecule has 0 spiro atoms. The molecule has 0 fully saturated rings. The Hall–Kier alpha value is -0.480. The Morgan fingerprint density at radius 1 is 1.90 bits per heavy atom. The monoisotopic (exact) mass is 165 g/mol. The molecule has 0 aliphatic rings. The molecule has 5 heteroatoms. The smallest absolute Gasteiger partial charge is 0.205 e. The Kier molecular flexibility index (Phi) is 4.14. The summed E-state index contributed by atoms with van der Waals surface area (Å²) in [5.74, 6) is -0.206. The van der Waals surface area contributed by atoms with E-state index >= 15 is 0 Å². The molecular formula is C5H12ClN3O. The Morgan fingerprint density at radius 3 is 2.70 bits per heavy atom. The highest BCUT2D eigenvalue weighted by atomic mass is 35.5. The first kappa shape index (κ1) is 9.52. The molecule has 0 radical (unpaired) electrons. The fraction of sp³-hybridized carbons (Fsp3) is 0.800.